The lowest BCUT2D eigenvalue weighted by Gasteiger charge is -1.96. The van der Waals surface area contributed by atoms with Gasteiger partial charge < -0.3 is 0 Å². The van der Waals surface area contributed by atoms with Crippen LogP contribution < -0.4 is 5.14 Å². The summed E-state index contributed by atoms with van der Waals surface area (Å²) in [5, 5.41) is 4.20. The van der Waals surface area contributed by atoms with Gasteiger partial charge in [-0.15, -0.1) is 24.8 Å². The highest BCUT2D eigenvalue weighted by Gasteiger charge is 2.06. The summed E-state index contributed by atoms with van der Waals surface area (Å²) in [6.07, 6.45) is 0. The van der Waals surface area contributed by atoms with E-state index in [1.165, 1.54) is 13.8 Å². The van der Waals surface area contributed by atoms with Gasteiger partial charge in [0.15, 0.2) is 0 Å². The van der Waals surface area contributed by atoms with Crippen LogP contribution in [0.2, 0.25) is 0 Å². The Bertz CT molecular complexity index is 142. The Morgan fingerprint density at radius 2 is 1.33 bits per heavy atom. The molecule has 0 aliphatic rings. The van der Waals surface area contributed by atoms with Crippen LogP contribution in [0.25, 0.3) is 0 Å². The van der Waals surface area contributed by atoms with Gasteiger partial charge in [0, 0.05) is 0 Å². The molecule has 0 unspecified atom stereocenters. The molecular formula is C3H11Cl2NO2S. The van der Waals surface area contributed by atoms with Gasteiger partial charge in [-0.05, 0) is 13.8 Å². The number of rotatable bonds is 1. The Labute approximate surface area is 67.9 Å². The predicted octanol–water partition coefficient (Wildman–Crippen LogP) is 0.527. The third-order valence-corrected chi connectivity index (χ3v) is 1.97. The average Bonchev–Trinajstić information content (AvgIpc) is 1.31. The number of primary sulfonamides is 1. The Hall–Kier alpha value is 0.490. The Morgan fingerprint density at radius 3 is 1.33 bits per heavy atom. The molecule has 0 bridgehead atoms. The van der Waals surface area contributed by atoms with Crippen molar-refractivity contribution in [1.29, 1.82) is 0 Å². The highest BCUT2D eigenvalue weighted by Crippen LogP contribution is 1.88. The standard InChI is InChI=1S/C3H9NO2S.2ClH/c1-3(2)7(4,5)6;;/h3H,1-2H3,(H2,4,5,6);2*1H. The molecule has 0 radical (unpaired) electrons. The minimum atomic E-state index is -3.24. The van der Waals surface area contributed by atoms with Crippen LogP contribution in [0.15, 0.2) is 0 Å². The maximum Gasteiger partial charge on any atom is 0.211 e. The molecular weight excluding hydrogens is 185 g/mol. The fraction of sp³-hybridized carbons (Fsp3) is 1.00. The van der Waals surface area contributed by atoms with E-state index in [4.69, 9.17) is 0 Å². The quantitative estimate of drug-likeness (QED) is 0.664. The van der Waals surface area contributed by atoms with E-state index in [1.54, 1.807) is 0 Å². The van der Waals surface area contributed by atoms with Crippen molar-refractivity contribution in [3.63, 3.8) is 0 Å². The number of hydrogen-bond donors (Lipinski definition) is 1. The smallest absolute Gasteiger partial charge is 0.211 e. The monoisotopic (exact) mass is 195 g/mol. The van der Waals surface area contributed by atoms with E-state index in [9.17, 15) is 8.42 Å². The van der Waals surface area contributed by atoms with E-state index in [1.807, 2.05) is 0 Å². The normalized spacial score (nSPS) is 9.78. The van der Waals surface area contributed by atoms with E-state index in [0.29, 0.717) is 0 Å². The molecule has 9 heavy (non-hydrogen) atoms. The average molecular weight is 196 g/mol. The third kappa shape index (κ3) is 8.49. The van der Waals surface area contributed by atoms with Gasteiger partial charge in [-0.2, -0.15) is 0 Å². The molecule has 0 atom stereocenters. The molecule has 0 aliphatic heterocycles. The molecule has 0 aromatic heterocycles. The first-order valence-electron chi connectivity index (χ1n) is 1.96. The third-order valence-electron chi connectivity index (χ3n) is 0.657. The lowest BCUT2D eigenvalue weighted by Crippen LogP contribution is -2.22. The SMILES string of the molecule is CC(C)S(N)(=O)=O.Cl.Cl. The van der Waals surface area contributed by atoms with Crippen molar-refractivity contribution >= 4 is 34.8 Å². The van der Waals surface area contributed by atoms with Gasteiger partial charge in [-0.25, -0.2) is 13.6 Å². The van der Waals surface area contributed by atoms with Gasteiger partial charge in [-0.3, -0.25) is 0 Å². The molecule has 0 fully saturated rings. The molecule has 0 rings (SSSR count). The largest absolute Gasteiger partial charge is 0.229 e. The van der Waals surface area contributed by atoms with Crippen LogP contribution in [-0.2, 0) is 10.0 Å². The number of sulfonamides is 1. The van der Waals surface area contributed by atoms with Crippen molar-refractivity contribution in [2.24, 2.45) is 5.14 Å². The summed E-state index contributed by atoms with van der Waals surface area (Å²) in [6.45, 7) is 3.07. The summed E-state index contributed by atoms with van der Waals surface area (Å²) >= 11 is 0. The minimum Gasteiger partial charge on any atom is -0.229 e. The maximum absolute atomic E-state index is 10.1. The Morgan fingerprint density at radius 1 is 1.22 bits per heavy atom. The number of halogens is 2. The molecule has 0 spiro atoms. The van der Waals surface area contributed by atoms with E-state index in [0.717, 1.165) is 0 Å². The van der Waals surface area contributed by atoms with Crippen LogP contribution in [0.5, 0.6) is 0 Å². The van der Waals surface area contributed by atoms with Crippen LogP contribution in [0.4, 0.5) is 0 Å². The minimum absolute atomic E-state index is 0. The van der Waals surface area contributed by atoms with E-state index < -0.39 is 15.3 Å². The van der Waals surface area contributed by atoms with Gasteiger partial charge in [0.2, 0.25) is 10.0 Å². The molecule has 0 aromatic rings. The summed E-state index contributed by atoms with van der Waals surface area (Å²) in [6, 6.07) is 0. The fourth-order valence-corrected chi connectivity index (χ4v) is 0. The summed E-state index contributed by atoms with van der Waals surface area (Å²) in [5.41, 5.74) is 0. The van der Waals surface area contributed by atoms with E-state index in [2.05, 4.69) is 5.14 Å². The second-order valence-corrected chi connectivity index (χ2v) is 3.76. The molecule has 0 aromatic carbocycles. The van der Waals surface area contributed by atoms with Gasteiger partial charge in [0.05, 0.1) is 5.25 Å². The van der Waals surface area contributed by atoms with Crippen LogP contribution in [0, 0.1) is 0 Å². The number of nitrogens with two attached hydrogens (primary N) is 1. The topological polar surface area (TPSA) is 60.2 Å². The van der Waals surface area contributed by atoms with Crippen LogP contribution >= 0.6 is 24.8 Å². The van der Waals surface area contributed by atoms with Gasteiger partial charge in [0.1, 0.15) is 0 Å². The summed E-state index contributed by atoms with van der Waals surface area (Å²) < 4.78 is 20.2. The zero-order valence-corrected chi connectivity index (χ0v) is 7.65. The Kier molecular flexibility index (Phi) is 9.54. The highest BCUT2D eigenvalue weighted by molar-refractivity contribution is 7.89. The second-order valence-electron chi connectivity index (χ2n) is 1.64. The summed E-state index contributed by atoms with van der Waals surface area (Å²) in [4.78, 5) is 0. The second kappa shape index (κ2) is 5.29. The molecule has 2 N–H and O–H groups in total. The van der Waals surface area contributed by atoms with Crippen LogP contribution in [0.3, 0.4) is 0 Å². The van der Waals surface area contributed by atoms with Crippen molar-refractivity contribution in [2.75, 3.05) is 0 Å². The first-order chi connectivity index (χ1) is 2.94. The van der Waals surface area contributed by atoms with Crippen molar-refractivity contribution < 1.29 is 8.42 Å². The van der Waals surface area contributed by atoms with Crippen molar-refractivity contribution in [3.8, 4) is 0 Å². The zero-order valence-electron chi connectivity index (χ0n) is 5.20. The number of hydrogen-bond acceptors (Lipinski definition) is 2. The fourth-order valence-electron chi connectivity index (χ4n) is 0. The maximum atomic E-state index is 10.1. The van der Waals surface area contributed by atoms with Gasteiger partial charge in [0.25, 0.3) is 0 Å². The van der Waals surface area contributed by atoms with E-state index in [-0.39, 0.29) is 24.8 Å². The zero-order chi connectivity index (χ0) is 6.08. The molecule has 0 amide bonds. The lowest BCUT2D eigenvalue weighted by atomic mass is 10.6. The molecule has 6 heteroatoms. The first kappa shape index (κ1) is 16.2. The van der Waals surface area contributed by atoms with Gasteiger partial charge >= 0.3 is 0 Å². The van der Waals surface area contributed by atoms with Gasteiger partial charge in [-0.1, -0.05) is 0 Å². The molecule has 0 aliphatic carbocycles. The summed E-state index contributed by atoms with van der Waals surface area (Å²) in [7, 11) is -3.24. The van der Waals surface area contributed by atoms with Crippen molar-refractivity contribution in [1.82, 2.24) is 0 Å². The molecule has 60 valence electrons. The van der Waals surface area contributed by atoms with Crippen LogP contribution in [0.1, 0.15) is 13.8 Å². The summed E-state index contributed by atoms with van der Waals surface area (Å²) in [5.74, 6) is 0. The highest BCUT2D eigenvalue weighted by atomic mass is 35.5. The molecule has 0 heterocycles. The molecule has 3 nitrogen and oxygen atoms in total. The van der Waals surface area contributed by atoms with Crippen molar-refractivity contribution in [3.05, 3.63) is 0 Å². The Balaban J connectivity index is -0.000000180. The predicted molar refractivity (Wildman–Crippen MR) is 42.7 cm³/mol. The van der Waals surface area contributed by atoms with E-state index >= 15 is 0 Å². The molecule has 0 saturated carbocycles. The first-order valence-corrected chi connectivity index (χ1v) is 3.57. The lowest BCUT2D eigenvalue weighted by molar-refractivity contribution is 0.589. The van der Waals surface area contributed by atoms with Crippen LogP contribution in [-0.4, -0.2) is 13.7 Å². The molecule has 0 saturated heterocycles. The van der Waals surface area contributed by atoms with Crippen molar-refractivity contribution in [2.45, 2.75) is 19.1 Å².